The second-order valence-corrected chi connectivity index (χ2v) is 5.26. The van der Waals surface area contributed by atoms with Gasteiger partial charge in [-0.25, -0.2) is 4.68 Å². The summed E-state index contributed by atoms with van der Waals surface area (Å²) in [6.45, 7) is 2.17. The van der Waals surface area contributed by atoms with Crippen LogP contribution in [0.4, 0.5) is 0 Å². The molecule has 0 fully saturated rings. The molecule has 1 aromatic carbocycles. The Kier molecular flexibility index (Phi) is 5.36. The van der Waals surface area contributed by atoms with Crippen molar-refractivity contribution in [2.75, 3.05) is 0 Å². The Hall–Kier alpha value is -1.61. The van der Waals surface area contributed by atoms with Gasteiger partial charge < -0.3 is 4.79 Å². The average molecular weight is 291 g/mol. The lowest BCUT2D eigenvalue weighted by Crippen LogP contribution is -2.02. The SMILES string of the molecule is CCCCc1cc(CCC=O)n(-c2cccc(Cl)c2)n1. The van der Waals surface area contributed by atoms with Crippen LogP contribution in [0.3, 0.4) is 0 Å². The van der Waals surface area contributed by atoms with Crippen molar-refractivity contribution in [1.29, 1.82) is 0 Å². The molecule has 20 heavy (non-hydrogen) atoms. The maximum Gasteiger partial charge on any atom is 0.120 e. The van der Waals surface area contributed by atoms with Gasteiger partial charge in [-0.1, -0.05) is 31.0 Å². The largest absolute Gasteiger partial charge is 0.303 e. The second kappa shape index (κ2) is 7.25. The van der Waals surface area contributed by atoms with E-state index in [1.54, 1.807) is 0 Å². The number of nitrogens with zero attached hydrogens (tertiary/aromatic N) is 2. The van der Waals surface area contributed by atoms with Crippen LogP contribution < -0.4 is 0 Å². The van der Waals surface area contributed by atoms with E-state index in [4.69, 9.17) is 11.6 Å². The minimum atomic E-state index is 0.513. The number of benzene rings is 1. The van der Waals surface area contributed by atoms with E-state index in [0.29, 0.717) is 17.9 Å². The van der Waals surface area contributed by atoms with Gasteiger partial charge >= 0.3 is 0 Å². The summed E-state index contributed by atoms with van der Waals surface area (Å²) in [5.74, 6) is 0. The number of halogens is 1. The lowest BCUT2D eigenvalue weighted by molar-refractivity contribution is -0.107. The molecule has 0 saturated heterocycles. The van der Waals surface area contributed by atoms with Gasteiger partial charge in [-0.2, -0.15) is 5.10 Å². The van der Waals surface area contributed by atoms with Crippen LogP contribution in [0.1, 0.15) is 37.6 Å². The van der Waals surface area contributed by atoms with E-state index < -0.39 is 0 Å². The number of hydrogen-bond acceptors (Lipinski definition) is 2. The molecule has 0 radical (unpaired) electrons. The second-order valence-electron chi connectivity index (χ2n) is 4.83. The molecule has 0 aliphatic rings. The van der Waals surface area contributed by atoms with Crippen LogP contribution in [-0.2, 0) is 17.6 Å². The number of aryl methyl sites for hydroxylation is 2. The van der Waals surface area contributed by atoms with Crippen molar-refractivity contribution in [3.8, 4) is 5.69 Å². The van der Waals surface area contributed by atoms with Gasteiger partial charge in [-0.3, -0.25) is 0 Å². The van der Waals surface area contributed by atoms with Crippen LogP contribution in [0, 0.1) is 0 Å². The number of aldehydes is 1. The summed E-state index contributed by atoms with van der Waals surface area (Å²) in [5, 5.41) is 5.34. The van der Waals surface area contributed by atoms with Gasteiger partial charge in [-0.05, 0) is 43.5 Å². The molecule has 1 heterocycles. The Bertz CT molecular complexity index is 578. The smallest absolute Gasteiger partial charge is 0.120 e. The van der Waals surface area contributed by atoms with Gasteiger partial charge in [-0.15, -0.1) is 0 Å². The highest BCUT2D eigenvalue weighted by atomic mass is 35.5. The summed E-state index contributed by atoms with van der Waals surface area (Å²) < 4.78 is 1.90. The van der Waals surface area contributed by atoms with Crippen molar-refractivity contribution in [3.63, 3.8) is 0 Å². The number of hydrogen-bond donors (Lipinski definition) is 0. The summed E-state index contributed by atoms with van der Waals surface area (Å²) in [7, 11) is 0. The Labute approximate surface area is 124 Å². The molecular formula is C16H19ClN2O. The highest BCUT2D eigenvalue weighted by Gasteiger charge is 2.09. The maximum atomic E-state index is 10.6. The monoisotopic (exact) mass is 290 g/mol. The summed E-state index contributed by atoms with van der Waals surface area (Å²) >= 11 is 6.04. The zero-order valence-electron chi connectivity index (χ0n) is 11.7. The van der Waals surface area contributed by atoms with E-state index >= 15 is 0 Å². The fourth-order valence-corrected chi connectivity index (χ4v) is 2.36. The van der Waals surface area contributed by atoms with Crippen LogP contribution >= 0.6 is 11.6 Å². The van der Waals surface area contributed by atoms with Crippen LogP contribution in [0.25, 0.3) is 5.69 Å². The van der Waals surface area contributed by atoms with E-state index in [0.717, 1.165) is 42.6 Å². The zero-order valence-corrected chi connectivity index (χ0v) is 12.4. The Morgan fingerprint density at radius 3 is 2.85 bits per heavy atom. The number of carbonyl (C=O) groups excluding carboxylic acids is 1. The van der Waals surface area contributed by atoms with Crippen molar-refractivity contribution < 1.29 is 4.79 Å². The van der Waals surface area contributed by atoms with E-state index in [1.807, 2.05) is 28.9 Å². The third-order valence-electron chi connectivity index (χ3n) is 3.19. The van der Waals surface area contributed by atoms with Gasteiger partial charge in [0.05, 0.1) is 11.4 Å². The molecular weight excluding hydrogens is 272 g/mol. The van der Waals surface area contributed by atoms with E-state index in [9.17, 15) is 4.79 Å². The predicted octanol–water partition coefficient (Wildman–Crippen LogP) is 4.00. The maximum absolute atomic E-state index is 10.6. The van der Waals surface area contributed by atoms with Crippen molar-refractivity contribution in [1.82, 2.24) is 9.78 Å². The highest BCUT2D eigenvalue weighted by Crippen LogP contribution is 2.19. The first-order chi connectivity index (χ1) is 9.74. The number of unbranched alkanes of at least 4 members (excludes halogenated alkanes) is 1. The number of rotatable bonds is 7. The molecule has 0 N–H and O–H groups in total. The Morgan fingerprint density at radius 1 is 1.30 bits per heavy atom. The topological polar surface area (TPSA) is 34.9 Å². The molecule has 0 amide bonds. The Balaban J connectivity index is 2.32. The molecule has 106 valence electrons. The number of carbonyl (C=O) groups is 1. The van der Waals surface area contributed by atoms with E-state index in [2.05, 4.69) is 18.1 Å². The Morgan fingerprint density at radius 2 is 2.15 bits per heavy atom. The predicted molar refractivity (Wildman–Crippen MR) is 81.6 cm³/mol. The summed E-state index contributed by atoms with van der Waals surface area (Å²) in [4.78, 5) is 10.6. The first kappa shape index (κ1) is 14.8. The normalized spacial score (nSPS) is 10.7. The molecule has 0 saturated carbocycles. The fourth-order valence-electron chi connectivity index (χ4n) is 2.17. The minimum absolute atomic E-state index is 0.513. The third-order valence-corrected chi connectivity index (χ3v) is 3.43. The lowest BCUT2D eigenvalue weighted by Gasteiger charge is -2.06. The molecule has 4 heteroatoms. The lowest BCUT2D eigenvalue weighted by atomic mass is 10.1. The molecule has 0 aliphatic carbocycles. The zero-order chi connectivity index (χ0) is 14.4. The van der Waals surface area contributed by atoms with Crippen molar-refractivity contribution >= 4 is 17.9 Å². The van der Waals surface area contributed by atoms with Gasteiger partial charge in [0, 0.05) is 17.1 Å². The molecule has 2 rings (SSSR count). The number of aromatic nitrogens is 2. The van der Waals surface area contributed by atoms with Crippen LogP contribution in [0.2, 0.25) is 5.02 Å². The van der Waals surface area contributed by atoms with Crippen LogP contribution in [0.15, 0.2) is 30.3 Å². The summed E-state index contributed by atoms with van der Waals surface area (Å²) in [6, 6.07) is 9.72. The van der Waals surface area contributed by atoms with E-state index in [1.165, 1.54) is 0 Å². The first-order valence-corrected chi connectivity index (χ1v) is 7.39. The molecule has 0 aliphatic heterocycles. The fraction of sp³-hybridized carbons (Fsp3) is 0.375. The molecule has 0 unspecified atom stereocenters. The minimum Gasteiger partial charge on any atom is -0.303 e. The molecule has 1 aromatic heterocycles. The molecule has 0 bridgehead atoms. The van der Waals surface area contributed by atoms with Crippen molar-refractivity contribution in [3.05, 3.63) is 46.7 Å². The first-order valence-electron chi connectivity index (χ1n) is 7.02. The van der Waals surface area contributed by atoms with E-state index in [-0.39, 0.29) is 0 Å². The van der Waals surface area contributed by atoms with Gasteiger partial charge in [0.1, 0.15) is 6.29 Å². The third kappa shape index (κ3) is 3.70. The standard InChI is InChI=1S/C16H19ClN2O/c1-2-3-7-14-12-16(9-5-10-20)19(18-14)15-8-4-6-13(17)11-15/h4,6,8,10-12H,2-3,5,7,9H2,1H3. The highest BCUT2D eigenvalue weighted by molar-refractivity contribution is 6.30. The summed E-state index contributed by atoms with van der Waals surface area (Å²) in [6.07, 6.45) is 5.40. The van der Waals surface area contributed by atoms with Crippen molar-refractivity contribution in [2.24, 2.45) is 0 Å². The van der Waals surface area contributed by atoms with Crippen molar-refractivity contribution in [2.45, 2.75) is 39.0 Å². The van der Waals surface area contributed by atoms with Gasteiger partial charge in [0.2, 0.25) is 0 Å². The molecule has 0 atom stereocenters. The molecule has 0 spiro atoms. The molecule has 2 aromatic rings. The summed E-state index contributed by atoms with van der Waals surface area (Å²) in [5.41, 5.74) is 3.08. The van der Waals surface area contributed by atoms with Gasteiger partial charge in [0.15, 0.2) is 0 Å². The van der Waals surface area contributed by atoms with Crippen LogP contribution in [0.5, 0.6) is 0 Å². The van der Waals surface area contributed by atoms with Crippen LogP contribution in [-0.4, -0.2) is 16.1 Å². The quantitative estimate of drug-likeness (QED) is 0.723. The average Bonchev–Trinajstić information content (AvgIpc) is 2.86. The van der Waals surface area contributed by atoms with Gasteiger partial charge in [0.25, 0.3) is 0 Å². The molecule has 3 nitrogen and oxygen atoms in total.